The normalized spacial score (nSPS) is 10.8. The average molecular weight is 273 g/mol. The van der Waals surface area contributed by atoms with Crippen LogP contribution in [0.25, 0.3) is 11.5 Å². The molecule has 0 unspecified atom stereocenters. The molecule has 108 valence electrons. The first-order valence-corrected chi connectivity index (χ1v) is 7.27. The molecule has 0 aliphatic carbocycles. The predicted octanol–water partition coefficient (Wildman–Crippen LogP) is 3.19. The van der Waals surface area contributed by atoms with Crippen LogP contribution in [0.4, 0.5) is 5.82 Å². The van der Waals surface area contributed by atoms with Crippen LogP contribution >= 0.6 is 0 Å². The number of nitrogens with zero attached hydrogens (tertiary/aromatic N) is 4. The zero-order valence-corrected chi connectivity index (χ0v) is 12.8. The molecule has 0 aliphatic heterocycles. The van der Waals surface area contributed by atoms with Crippen molar-refractivity contribution >= 4 is 5.82 Å². The topological polar surface area (TPSA) is 55.6 Å². The SMILES string of the molecule is CCCNc1nc(-c2cncn2CCC)nc(C)c1C. The molecular formula is C15H23N5. The molecule has 2 aromatic rings. The molecule has 0 radical (unpaired) electrons. The fourth-order valence-corrected chi connectivity index (χ4v) is 2.08. The summed E-state index contributed by atoms with van der Waals surface area (Å²) in [7, 11) is 0. The monoisotopic (exact) mass is 273 g/mol. The zero-order chi connectivity index (χ0) is 14.5. The van der Waals surface area contributed by atoms with Gasteiger partial charge in [0, 0.05) is 24.3 Å². The maximum Gasteiger partial charge on any atom is 0.180 e. The van der Waals surface area contributed by atoms with Gasteiger partial charge in [0.2, 0.25) is 0 Å². The molecule has 0 atom stereocenters. The molecule has 20 heavy (non-hydrogen) atoms. The Hall–Kier alpha value is -1.91. The highest BCUT2D eigenvalue weighted by molar-refractivity contribution is 5.56. The summed E-state index contributed by atoms with van der Waals surface area (Å²) < 4.78 is 2.10. The van der Waals surface area contributed by atoms with E-state index in [2.05, 4.69) is 45.6 Å². The molecule has 5 nitrogen and oxygen atoms in total. The van der Waals surface area contributed by atoms with E-state index in [1.54, 1.807) is 0 Å². The van der Waals surface area contributed by atoms with Crippen molar-refractivity contribution in [3.8, 4) is 11.5 Å². The fraction of sp³-hybridized carbons (Fsp3) is 0.533. The number of aryl methyl sites for hydroxylation is 2. The molecule has 0 bridgehead atoms. The molecular weight excluding hydrogens is 250 g/mol. The molecule has 1 N–H and O–H groups in total. The summed E-state index contributed by atoms with van der Waals surface area (Å²) in [4.78, 5) is 13.5. The van der Waals surface area contributed by atoms with Gasteiger partial charge in [-0.15, -0.1) is 0 Å². The number of aromatic nitrogens is 4. The third kappa shape index (κ3) is 2.98. The maximum absolute atomic E-state index is 4.67. The van der Waals surface area contributed by atoms with E-state index < -0.39 is 0 Å². The van der Waals surface area contributed by atoms with Gasteiger partial charge in [-0.3, -0.25) is 0 Å². The fourth-order valence-electron chi connectivity index (χ4n) is 2.08. The number of anilines is 1. The van der Waals surface area contributed by atoms with Gasteiger partial charge in [0.05, 0.1) is 12.5 Å². The van der Waals surface area contributed by atoms with Gasteiger partial charge in [-0.05, 0) is 26.7 Å². The molecule has 0 spiro atoms. The Balaban J connectivity index is 2.41. The van der Waals surface area contributed by atoms with E-state index in [-0.39, 0.29) is 0 Å². The van der Waals surface area contributed by atoms with Crippen LogP contribution in [0, 0.1) is 13.8 Å². The van der Waals surface area contributed by atoms with Crippen molar-refractivity contribution in [3.05, 3.63) is 23.8 Å². The predicted molar refractivity (Wildman–Crippen MR) is 81.8 cm³/mol. The molecule has 0 aromatic carbocycles. The Morgan fingerprint density at radius 1 is 1.15 bits per heavy atom. The van der Waals surface area contributed by atoms with E-state index in [0.29, 0.717) is 0 Å². The summed E-state index contributed by atoms with van der Waals surface area (Å²) in [5.74, 6) is 1.68. The first-order chi connectivity index (χ1) is 9.67. The van der Waals surface area contributed by atoms with Crippen LogP contribution in [0.5, 0.6) is 0 Å². The molecule has 0 saturated heterocycles. The molecule has 0 aliphatic rings. The molecule has 2 heterocycles. The minimum atomic E-state index is 0.748. The van der Waals surface area contributed by atoms with Gasteiger partial charge in [0.15, 0.2) is 5.82 Å². The van der Waals surface area contributed by atoms with Crippen molar-refractivity contribution in [2.45, 2.75) is 47.1 Å². The zero-order valence-electron chi connectivity index (χ0n) is 12.8. The molecule has 2 rings (SSSR count). The number of rotatable bonds is 6. The van der Waals surface area contributed by atoms with Gasteiger partial charge < -0.3 is 9.88 Å². The molecule has 0 fully saturated rings. The summed E-state index contributed by atoms with van der Waals surface area (Å²) in [6.45, 7) is 10.2. The number of hydrogen-bond acceptors (Lipinski definition) is 4. The summed E-state index contributed by atoms with van der Waals surface area (Å²) >= 11 is 0. The third-order valence-corrected chi connectivity index (χ3v) is 3.34. The maximum atomic E-state index is 4.67. The van der Waals surface area contributed by atoms with Crippen molar-refractivity contribution in [2.24, 2.45) is 0 Å². The number of nitrogens with one attached hydrogen (secondary N) is 1. The number of imidazole rings is 1. The minimum absolute atomic E-state index is 0.748. The summed E-state index contributed by atoms with van der Waals surface area (Å²) in [5, 5.41) is 3.38. The smallest absolute Gasteiger partial charge is 0.180 e. The van der Waals surface area contributed by atoms with Gasteiger partial charge >= 0.3 is 0 Å². The quantitative estimate of drug-likeness (QED) is 0.878. The van der Waals surface area contributed by atoms with Crippen molar-refractivity contribution in [1.29, 1.82) is 0 Å². The van der Waals surface area contributed by atoms with E-state index in [1.807, 2.05) is 19.4 Å². The second-order valence-corrected chi connectivity index (χ2v) is 5.01. The standard InChI is InChI=1S/C15H23N5/c1-5-7-17-14-11(3)12(4)18-15(19-14)13-9-16-10-20(13)8-6-2/h9-10H,5-8H2,1-4H3,(H,17,18,19). The van der Waals surface area contributed by atoms with Gasteiger partial charge in [0.25, 0.3) is 0 Å². The summed E-state index contributed by atoms with van der Waals surface area (Å²) in [6.07, 6.45) is 5.82. The molecule has 5 heteroatoms. The molecule has 0 amide bonds. The Labute approximate surface area is 120 Å². The lowest BCUT2D eigenvalue weighted by Crippen LogP contribution is -2.09. The largest absolute Gasteiger partial charge is 0.370 e. The van der Waals surface area contributed by atoms with Gasteiger partial charge in [-0.1, -0.05) is 13.8 Å². The first kappa shape index (κ1) is 14.5. The Morgan fingerprint density at radius 3 is 2.65 bits per heavy atom. The van der Waals surface area contributed by atoms with Gasteiger partial charge in [-0.25, -0.2) is 15.0 Å². The Morgan fingerprint density at radius 2 is 1.95 bits per heavy atom. The van der Waals surface area contributed by atoms with Crippen LogP contribution in [0.2, 0.25) is 0 Å². The van der Waals surface area contributed by atoms with Gasteiger partial charge in [0.1, 0.15) is 11.5 Å². The lowest BCUT2D eigenvalue weighted by Gasteiger charge is -2.12. The van der Waals surface area contributed by atoms with E-state index in [1.165, 1.54) is 0 Å². The van der Waals surface area contributed by atoms with Crippen LogP contribution < -0.4 is 5.32 Å². The van der Waals surface area contributed by atoms with Crippen LogP contribution in [0.1, 0.15) is 37.9 Å². The van der Waals surface area contributed by atoms with Crippen molar-refractivity contribution in [1.82, 2.24) is 19.5 Å². The summed E-state index contributed by atoms with van der Waals surface area (Å²) in [6, 6.07) is 0. The lowest BCUT2D eigenvalue weighted by atomic mass is 10.2. The second-order valence-electron chi connectivity index (χ2n) is 5.01. The highest BCUT2D eigenvalue weighted by Crippen LogP contribution is 2.21. The van der Waals surface area contributed by atoms with Crippen molar-refractivity contribution < 1.29 is 0 Å². The van der Waals surface area contributed by atoms with E-state index >= 15 is 0 Å². The average Bonchev–Trinajstić information content (AvgIpc) is 2.89. The Bertz CT molecular complexity index is 574. The molecule has 0 saturated carbocycles. The lowest BCUT2D eigenvalue weighted by molar-refractivity contribution is 0.681. The summed E-state index contributed by atoms with van der Waals surface area (Å²) in [5.41, 5.74) is 3.11. The van der Waals surface area contributed by atoms with E-state index in [4.69, 9.17) is 0 Å². The van der Waals surface area contributed by atoms with Crippen molar-refractivity contribution in [2.75, 3.05) is 11.9 Å². The van der Waals surface area contributed by atoms with Crippen molar-refractivity contribution in [3.63, 3.8) is 0 Å². The Kier molecular flexibility index (Phi) is 4.71. The number of hydrogen-bond donors (Lipinski definition) is 1. The van der Waals surface area contributed by atoms with E-state index in [9.17, 15) is 0 Å². The van der Waals surface area contributed by atoms with Crippen LogP contribution in [-0.2, 0) is 6.54 Å². The van der Waals surface area contributed by atoms with Crippen LogP contribution in [-0.4, -0.2) is 26.1 Å². The van der Waals surface area contributed by atoms with Crippen LogP contribution in [0.15, 0.2) is 12.5 Å². The highest BCUT2D eigenvalue weighted by Gasteiger charge is 2.12. The molecule has 2 aromatic heterocycles. The second kappa shape index (κ2) is 6.50. The highest BCUT2D eigenvalue weighted by atomic mass is 15.1. The van der Waals surface area contributed by atoms with Gasteiger partial charge in [-0.2, -0.15) is 0 Å². The minimum Gasteiger partial charge on any atom is -0.370 e. The first-order valence-electron chi connectivity index (χ1n) is 7.27. The van der Waals surface area contributed by atoms with E-state index in [0.717, 1.165) is 54.5 Å². The third-order valence-electron chi connectivity index (χ3n) is 3.34. The van der Waals surface area contributed by atoms with Crippen LogP contribution in [0.3, 0.4) is 0 Å².